The number of methoxy groups -OCH3 is 2. The van der Waals surface area contributed by atoms with E-state index in [0.29, 0.717) is 22.8 Å². The molecule has 0 aliphatic carbocycles. The third-order valence-corrected chi connectivity index (χ3v) is 4.73. The molecule has 10 heteroatoms. The Morgan fingerprint density at radius 2 is 1.81 bits per heavy atom. The summed E-state index contributed by atoms with van der Waals surface area (Å²) in [5.41, 5.74) is 0.412. The number of rotatable bonds is 5. The number of hydrogen-bond acceptors (Lipinski definition) is 5. The highest BCUT2D eigenvalue weighted by atomic mass is 19.4. The Balaban J connectivity index is 1.70. The van der Waals surface area contributed by atoms with Crippen molar-refractivity contribution in [2.75, 3.05) is 19.5 Å². The Labute approximate surface area is 180 Å². The second kappa shape index (κ2) is 8.22. The standard InChI is InChI=1S/C22H17F3N4O3/c1-31-18-8-7-13(17-12-29-19(26-17)9-10-20(28-29)32-2)11-16(18)27-21(30)14-5-3-4-6-15(14)22(23,24)25/h3-12H,1-2H3,(H,27,30). The number of nitrogens with one attached hydrogen (secondary N) is 1. The average Bonchev–Trinajstić information content (AvgIpc) is 3.21. The Hall–Kier alpha value is -4.08. The van der Waals surface area contributed by atoms with E-state index in [1.54, 1.807) is 36.5 Å². The van der Waals surface area contributed by atoms with Gasteiger partial charge in [0.25, 0.3) is 5.91 Å². The summed E-state index contributed by atoms with van der Waals surface area (Å²) in [5.74, 6) is -0.211. The molecule has 0 unspecified atom stereocenters. The molecule has 1 N–H and O–H groups in total. The Morgan fingerprint density at radius 1 is 1.03 bits per heavy atom. The molecule has 32 heavy (non-hydrogen) atoms. The number of ether oxygens (including phenoxy) is 2. The largest absolute Gasteiger partial charge is 0.495 e. The van der Waals surface area contributed by atoms with E-state index in [-0.39, 0.29) is 11.4 Å². The molecule has 7 nitrogen and oxygen atoms in total. The third-order valence-electron chi connectivity index (χ3n) is 4.73. The molecule has 0 bridgehead atoms. The predicted octanol–water partition coefficient (Wildman–Crippen LogP) is 4.68. The number of carbonyl (C=O) groups excluding carboxylic acids is 1. The van der Waals surface area contributed by atoms with E-state index in [1.807, 2.05) is 0 Å². The minimum Gasteiger partial charge on any atom is -0.495 e. The fourth-order valence-electron chi connectivity index (χ4n) is 3.20. The maximum atomic E-state index is 13.3. The van der Waals surface area contributed by atoms with Crippen LogP contribution in [0.4, 0.5) is 18.9 Å². The fourth-order valence-corrected chi connectivity index (χ4v) is 3.20. The van der Waals surface area contributed by atoms with E-state index in [1.165, 1.54) is 30.9 Å². The van der Waals surface area contributed by atoms with Crippen LogP contribution in [0.5, 0.6) is 11.6 Å². The molecule has 2 heterocycles. The minimum atomic E-state index is -4.66. The topological polar surface area (TPSA) is 77.8 Å². The predicted molar refractivity (Wildman–Crippen MR) is 111 cm³/mol. The lowest BCUT2D eigenvalue weighted by molar-refractivity contribution is -0.137. The van der Waals surface area contributed by atoms with Crippen molar-refractivity contribution in [1.82, 2.24) is 14.6 Å². The summed E-state index contributed by atoms with van der Waals surface area (Å²) in [4.78, 5) is 17.2. The molecular formula is C22H17F3N4O3. The zero-order valence-electron chi connectivity index (χ0n) is 17.0. The first-order chi connectivity index (χ1) is 15.3. The molecule has 2 aromatic heterocycles. The normalized spacial score (nSPS) is 11.4. The van der Waals surface area contributed by atoms with Crippen molar-refractivity contribution in [2.24, 2.45) is 0 Å². The van der Waals surface area contributed by atoms with E-state index in [9.17, 15) is 18.0 Å². The number of aromatic nitrogens is 3. The highest BCUT2D eigenvalue weighted by molar-refractivity contribution is 6.06. The number of halogens is 3. The van der Waals surface area contributed by atoms with E-state index in [2.05, 4.69) is 15.4 Å². The van der Waals surface area contributed by atoms with Crippen LogP contribution in [-0.2, 0) is 6.18 Å². The van der Waals surface area contributed by atoms with Crippen molar-refractivity contribution in [3.63, 3.8) is 0 Å². The zero-order valence-corrected chi connectivity index (χ0v) is 17.0. The van der Waals surface area contributed by atoms with E-state index in [4.69, 9.17) is 9.47 Å². The van der Waals surface area contributed by atoms with Crippen molar-refractivity contribution in [1.29, 1.82) is 0 Å². The summed E-state index contributed by atoms with van der Waals surface area (Å²) in [6.07, 6.45) is -2.99. The number of anilines is 1. The van der Waals surface area contributed by atoms with Crippen LogP contribution in [0, 0.1) is 0 Å². The average molecular weight is 442 g/mol. The second-order valence-electron chi connectivity index (χ2n) is 6.72. The van der Waals surface area contributed by atoms with Gasteiger partial charge in [-0.2, -0.15) is 13.2 Å². The number of nitrogens with zero attached hydrogens (tertiary/aromatic N) is 3. The van der Waals surface area contributed by atoms with Gasteiger partial charge in [0.1, 0.15) is 5.75 Å². The Kier molecular flexibility index (Phi) is 5.43. The number of fused-ring (bicyclic) bond motifs is 1. The van der Waals surface area contributed by atoms with Crippen LogP contribution >= 0.6 is 0 Å². The lowest BCUT2D eigenvalue weighted by Crippen LogP contribution is -2.19. The van der Waals surface area contributed by atoms with Crippen LogP contribution in [0.2, 0.25) is 0 Å². The molecule has 4 aromatic rings. The van der Waals surface area contributed by atoms with Crippen LogP contribution in [0.15, 0.2) is 60.8 Å². The van der Waals surface area contributed by atoms with Gasteiger partial charge < -0.3 is 14.8 Å². The molecule has 0 aliphatic rings. The zero-order chi connectivity index (χ0) is 22.9. The SMILES string of the molecule is COc1ccc2nc(-c3ccc(OC)c(NC(=O)c4ccccc4C(F)(F)F)c3)cn2n1. The summed E-state index contributed by atoms with van der Waals surface area (Å²) in [6.45, 7) is 0. The van der Waals surface area contributed by atoms with Crippen molar-refractivity contribution in [3.8, 4) is 22.9 Å². The van der Waals surface area contributed by atoms with E-state index >= 15 is 0 Å². The van der Waals surface area contributed by atoms with E-state index in [0.717, 1.165) is 12.1 Å². The van der Waals surface area contributed by atoms with Crippen LogP contribution in [0.3, 0.4) is 0 Å². The van der Waals surface area contributed by atoms with Crippen LogP contribution in [0.1, 0.15) is 15.9 Å². The van der Waals surface area contributed by atoms with Crippen LogP contribution in [-0.4, -0.2) is 34.7 Å². The quantitative estimate of drug-likeness (QED) is 0.486. The molecule has 0 radical (unpaired) electrons. The highest BCUT2D eigenvalue weighted by Crippen LogP contribution is 2.34. The maximum absolute atomic E-state index is 13.3. The molecule has 0 fully saturated rings. The smallest absolute Gasteiger partial charge is 0.417 e. The van der Waals surface area contributed by atoms with Gasteiger partial charge in [0.15, 0.2) is 5.65 Å². The molecule has 4 rings (SSSR count). The van der Waals surface area contributed by atoms with Crippen LogP contribution < -0.4 is 14.8 Å². The van der Waals surface area contributed by atoms with E-state index < -0.39 is 23.2 Å². The molecule has 0 spiro atoms. The molecule has 0 atom stereocenters. The first kappa shape index (κ1) is 21.2. The van der Waals surface area contributed by atoms with Crippen LogP contribution in [0.25, 0.3) is 16.9 Å². The number of amides is 1. The first-order valence-electron chi connectivity index (χ1n) is 9.36. The molecule has 0 saturated heterocycles. The number of imidazole rings is 1. The van der Waals surface area contributed by atoms with Gasteiger partial charge in [0, 0.05) is 11.6 Å². The van der Waals surface area contributed by atoms with Crippen molar-refractivity contribution >= 4 is 17.2 Å². The molecule has 164 valence electrons. The lowest BCUT2D eigenvalue weighted by Gasteiger charge is -2.15. The summed E-state index contributed by atoms with van der Waals surface area (Å²) >= 11 is 0. The lowest BCUT2D eigenvalue weighted by atomic mass is 10.1. The first-order valence-corrected chi connectivity index (χ1v) is 9.36. The highest BCUT2D eigenvalue weighted by Gasteiger charge is 2.35. The number of benzene rings is 2. The van der Waals surface area contributed by atoms with Gasteiger partial charge in [0.2, 0.25) is 5.88 Å². The van der Waals surface area contributed by atoms with Gasteiger partial charge >= 0.3 is 6.18 Å². The van der Waals surface area contributed by atoms with Crippen molar-refractivity contribution < 1.29 is 27.4 Å². The van der Waals surface area contributed by atoms with Gasteiger partial charge in [0.05, 0.1) is 42.9 Å². The summed E-state index contributed by atoms with van der Waals surface area (Å²) in [6, 6.07) is 12.9. The molecule has 0 saturated carbocycles. The van der Waals surface area contributed by atoms with Gasteiger partial charge in [-0.15, -0.1) is 5.10 Å². The van der Waals surface area contributed by atoms with Gasteiger partial charge in [-0.3, -0.25) is 4.79 Å². The molecular weight excluding hydrogens is 425 g/mol. The monoisotopic (exact) mass is 442 g/mol. The molecule has 1 amide bonds. The molecule has 0 aliphatic heterocycles. The fraction of sp³-hybridized carbons (Fsp3) is 0.136. The summed E-state index contributed by atoms with van der Waals surface area (Å²) < 4.78 is 51.8. The van der Waals surface area contributed by atoms with Gasteiger partial charge in [-0.1, -0.05) is 12.1 Å². The summed E-state index contributed by atoms with van der Waals surface area (Å²) in [5, 5.41) is 6.77. The number of carbonyl (C=O) groups is 1. The minimum absolute atomic E-state index is 0.203. The second-order valence-corrected chi connectivity index (χ2v) is 6.72. The van der Waals surface area contributed by atoms with Crippen molar-refractivity contribution in [3.05, 3.63) is 71.9 Å². The number of hydrogen-bond donors (Lipinski definition) is 1. The number of alkyl halides is 3. The van der Waals surface area contributed by atoms with Crippen molar-refractivity contribution in [2.45, 2.75) is 6.18 Å². The molecule has 2 aromatic carbocycles. The Bertz CT molecular complexity index is 1300. The van der Waals surface area contributed by atoms with Gasteiger partial charge in [-0.05, 0) is 36.4 Å². The van der Waals surface area contributed by atoms with Gasteiger partial charge in [-0.25, -0.2) is 9.50 Å². The maximum Gasteiger partial charge on any atom is 0.417 e. The summed E-state index contributed by atoms with van der Waals surface area (Å²) in [7, 11) is 2.90. The Morgan fingerprint density at radius 3 is 2.53 bits per heavy atom. The third kappa shape index (κ3) is 4.07.